The van der Waals surface area contributed by atoms with E-state index in [2.05, 4.69) is 9.97 Å². The van der Waals surface area contributed by atoms with Gasteiger partial charge in [-0.2, -0.15) is 0 Å². The highest BCUT2D eigenvalue weighted by Gasteiger charge is 2.06. The van der Waals surface area contributed by atoms with E-state index < -0.39 is 0 Å². The molecular weight excluding hydrogens is 304 g/mol. The number of aryl methyl sites for hydroxylation is 1. The molecule has 24 heavy (non-hydrogen) atoms. The third-order valence-corrected chi connectivity index (χ3v) is 3.70. The van der Waals surface area contributed by atoms with Crippen molar-refractivity contribution in [2.24, 2.45) is 0 Å². The molecule has 1 aromatic heterocycles. The largest absolute Gasteiger partial charge is 0.461 e. The van der Waals surface area contributed by atoms with E-state index in [1.165, 1.54) is 0 Å². The molecule has 1 N–H and O–H groups in total. The number of aromatic amines is 1. The third-order valence-electron chi connectivity index (χ3n) is 3.70. The van der Waals surface area contributed by atoms with Gasteiger partial charge in [0.15, 0.2) is 0 Å². The minimum atomic E-state index is -0.248. The van der Waals surface area contributed by atoms with Crippen LogP contribution >= 0.6 is 0 Å². The van der Waals surface area contributed by atoms with E-state index in [0.29, 0.717) is 36.0 Å². The minimum Gasteiger partial charge on any atom is -0.461 e. The predicted octanol–water partition coefficient (Wildman–Crippen LogP) is 2.99. The third kappa shape index (κ3) is 4.07. The van der Waals surface area contributed by atoms with Gasteiger partial charge in [-0.25, -0.2) is 4.98 Å². The second-order valence-corrected chi connectivity index (χ2v) is 5.53. The SMILES string of the molecule is O=C(CCCc1nc2ccccc2c(=O)[nH]1)OCc1ccccc1. The summed E-state index contributed by atoms with van der Waals surface area (Å²) in [5.41, 5.74) is 1.48. The molecule has 122 valence electrons. The molecule has 1 heterocycles. The Balaban J connectivity index is 1.51. The first kappa shape index (κ1) is 15.9. The molecule has 0 amide bonds. The van der Waals surface area contributed by atoms with E-state index in [1.54, 1.807) is 6.07 Å². The summed E-state index contributed by atoms with van der Waals surface area (Å²) in [7, 11) is 0. The van der Waals surface area contributed by atoms with E-state index in [1.807, 2.05) is 48.5 Å². The molecule has 2 aromatic carbocycles. The highest BCUT2D eigenvalue weighted by atomic mass is 16.5. The average molecular weight is 322 g/mol. The molecule has 0 saturated heterocycles. The van der Waals surface area contributed by atoms with Gasteiger partial charge in [-0.05, 0) is 24.1 Å². The molecule has 3 rings (SSSR count). The first-order valence-corrected chi connectivity index (χ1v) is 7.90. The second kappa shape index (κ2) is 7.55. The number of hydrogen-bond acceptors (Lipinski definition) is 4. The average Bonchev–Trinajstić information content (AvgIpc) is 2.61. The quantitative estimate of drug-likeness (QED) is 0.708. The number of carbonyl (C=O) groups excluding carboxylic acids is 1. The monoisotopic (exact) mass is 322 g/mol. The smallest absolute Gasteiger partial charge is 0.306 e. The lowest BCUT2D eigenvalue weighted by atomic mass is 10.2. The van der Waals surface area contributed by atoms with Gasteiger partial charge in [0.2, 0.25) is 0 Å². The first-order valence-electron chi connectivity index (χ1n) is 7.90. The van der Waals surface area contributed by atoms with E-state index >= 15 is 0 Å². The number of aromatic nitrogens is 2. The van der Waals surface area contributed by atoms with Crippen molar-refractivity contribution in [3.8, 4) is 0 Å². The van der Waals surface area contributed by atoms with Crippen LogP contribution in [0, 0.1) is 0 Å². The van der Waals surface area contributed by atoms with E-state index in [4.69, 9.17) is 4.74 Å². The van der Waals surface area contributed by atoms with E-state index in [9.17, 15) is 9.59 Å². The second-order valence-electron chi connectivity index (χ2n) is 5.53. The van der Waals surface area contributed by atoms with Crippen LogP contribution in [0.2, 0.25) is 0 Å². The number of rotatable bonds is 6. The highest BCUT2D eigenvalue weighted by Crippen LogP contribution is 2.08. The van der Waals surface area contributed by atoms with Crippen LogP contribution in [0.5, 0.6) is 0 Å². The maximum atomic E-state index is 12.0. The van der Waals surface area contributed by atoms with Crippen LogP contribution < -0.4 is 5.56 Å². The number of H-pyrrole nitrogens is 1. The summed E-state index contributed by atoms with van der Waals surface area (Å²) in [5.74, 6) is 0.344. The van der Waals surface area contributed by atoms with Crippen molar-refractivity contribution >= 4 is 16.9 Å². The number of para-hydroxylation sites is 1. The van der Waals surface area contributed by atoms with Gasteiger partial charge < -0.3 is 9.72 Å². The van der Waals surface area contributed by atoms with Gasteiger partial charge >= 0.3 is 5.97 Å². The lowest BCUT2D eigenvalue weighted by molar-refractivity contribution is -0.145. The minimum absolute atomic E-state index is 0.151. The molecule has 0 fully saturated rings. The summed E-state index contributed by atoms with van der Waals surface area (Å²) in [5, 5.41) is 0.573. The van der Waals surface area contributed by atoms with Crippen LogP contribution in [-0.2, 0) is 22.6 Å². The summed E-state index contributed by atoms with van der Waals surface area (Å²) in [6, 6.07) is 16.8. The number of carbonyl (C=O) groups is 1. The number of ether oxygens (including phenoxy) is 1. The van der Waals surface area contributed by atoms with Gasteiger partial charge in [0, 0.05) is 12.8 Å². The molecule has 0 bridgehead atoms. The summed E-state index contributed by atoms with van der Waals surface area (Å²) < 4.78 is 5.23. The number of esters is 1. The lowest BCUT2D eigenvalue weighted by Crippen LogP contribution is -2.12. The standard InChI is InChI=1S/C19H18N2O3/c22-18(24-13-14-7-2-1-3-8-14)12-6-11-17-20-16-10-5-4-9-15(16)19(23)21-17/h1-5,7-10H,6,11-13H2,(H,20,21,23). The number of nitrogens with zero attached hydrogens (tertiary/aromatic N) is 1. The molecule has 3 aromatic rings. The van der Waals surface area contributed by atoms with Gasteiger partial charge in [0.05, 0.1) is 10.9 Å². The molecule has 5 nitrogen and oxygen atoms in total. The van der Waals surface area contributed by atoms with Gasteiger partial charge in [0.25, 0.3) is 5.56 Å². The van der Waals surface area contributed by atoms with Crippen molar-refractivity contribution in [2.75, 3.05) is 0 Å². The Hall–Kier alpha value is -2.95. The van der Waals surface area contributed by atoms with E-state index in [-0.39, 0.29) is 18.1 Å². The molecule has 5 heteroatoms. The van der Waals surface area contributed by atoms with Gasteiger partial charge in [0.1, 0.15) is 12.4 Å². The summed E-state index contributed by atoms with van der Waals surface area (Å²) in [6.07, 6.45) is 1.40. The molecule has 0 unspecified atom stereocenters. The lowest BCUT2D eigenvalue weighted by Gasteiger charge is -2.05. The molecular formula is C19H18N2O3. The zero-order valence-corrected chi connectivity index (χ0v) is 13.2. The van der Waals surface area contributed by atoms with Crippen molar-refractivity contribution in [1.82, 2.24) is 9.97 Å². The Bertz CT molecular complexity index is 888. The molecule has 0 aliphatic rings. The number of fused-ring (bicyclic) bond motifs is 1. The molecule has 0 radical (unpaired) electrons. The van der Waals surface area contributed by atoms with Crippen molar-refractivity contribution in [3.05, 3.63) is 76.3 Å². The summed E-state index contributed by atoms with van der Waals surface area (Å²) in [6.45, 7) is 0.282. The topological polar surface area (TPSA) is 72.0 Å². The zero-order chi connectivity index (χ0) is 16.8. The Labute approximate surface area is 139 Å². The number of nitrogens with one attached hydrogen (secondary N) is 1. The molecule has 0 saturated carbocycles. The van der Waals surface area contributed by atoms with Crippen LogP contribution in [0.1, 0.15) is 24.2 Å². The van der Waals surface area contributed by atoms with Crippen molar-refractivity contribution in [1.29, 1.82) is 0 Å². The predicted molar refractivity (Wildman–Crippen MR) is 91.5 cm³/mol. The van der Waals surface area contributed by atoms with Crippen molar-refractivity contribution in [2.45, 2.75) is 25.9 Å². The van der Waals surface area contributed by atoms with E-state index in [0.717, 1.165) is 5.56 Å². The van der Waals surface area contributed by atoms with Crippen LogP contribution in [-0.4, -0.2) is 15.9 Å². The highest BCUT2D eigenvalue weighted by molar-refractivity contribution is 5.77. The Kier molecular flexibility index (Phi) is 5.01. The van der Waals surface area contributed by atoms with Gasteiger partial charge in [-0.15, -0.1) is 0 Å². The summed E-state index contributed by atoms with van der Waals surface area (Å²) >= 11 is 0. The zero-order valence-electron chi connectivity index (χ0n) is 13.2. The molecule has 0 aliphatic heterocycles. The fourth-order valence-electron chi connectivity index (χ4n) is 2.46. The van der Waals surface area contributed by atoms with Crippen molar-refractivity contribution < 1.29 is 9.53 Å². The molecule has 0 spiro atoms. The number of benzene rings is 2. The fraction of sp³-hybridized carbons (Fsp3) is 0.211. The normalized spacial score (nSPS) is 10.7. The summed E-state index contributed by atoms with van der Waals surface area (Å²) in [4.78, 5) is 30.9. The Morgan fingerprint density at radius 2 is 1.79 bits per heavy atom. The van der Waals surface area contributed by atoms with Crippen LogP contribution in [0.15, 0.2) is 59.4 Å². The maximum absolute atomic E-state index is 12.0. The van der Waals surface area contributed by atoms with Crippen LogP contribution in [0.25, 0.3) is 10.9 Å². The Morgan fingerprint density at radius 1 is 1.04 bits per heavy atom. The molecule has 0 atom stereocenters. The maximum Gasteiger partial charge on any atom is 0.306 e. The van der Waals surface area contributed by atoms with Gasteiger partial charge in [-0.3, -0.25) is 9.59 Å². The van der Waals surface area contributed by atoms with Crippen molar-refractivity contribution in [3.63, 3.8) is 0 Å². The first-order chi connectivity index (χ1) is 11.7. The Morgan fingerprint density at radius 3 is 2.62 bits per heavy atom. The fourth-order valence-corrected chi connectivity index (χ4v) is 2.46. The van der Waals surface area contributed by atoms with Crippen LogP contribution in [0.3, 0.4) is 0 Å². The molecule has 0 aliphatic carbocycles. The number of hydrogen-bond donors (Lipinski definition) is 1. The van der Waals surface area contributed by atoms with Gasteiger partial charge in [-0.1, -0.05) is 42.5 Å². The van der Waals surface area contributed by atoms with Crippen LogP contribution in [0.4, 0.5) is 0 Å².